The molecule has 1 aromatic carbocycles. The Morgan fingerprint density at radius 3 is 2.29 bits per heavy atom. The van der Waals surface area contributed by atoms with E-state index in [4.69, 9.17) is 10.5 Å². The fourth-order valence-electron chi connectivity index (χ4n) is 8.17. The Labute approximate surface area is 247 Å². The summed E-state index contributed by atoms with van der Waals surface area (Å²) in [5.74, 6) is 0.568. The van der Waals surface area contributed by atoms with Crippen molar-refractivity contribution < 1.29 is 14.3 Å². The molecule has 4 fully saturated rings. The van der Waals surface area contributed by atoms with Crippen LogP contribution in [0.3, 0.4) is 0 Å². The number of urea groups is 1. The number of hydrogen-bond acceptors (Lipinski definition) is 5. The number of rotatable bonds is 7. The Balaban J connectivity index is 1.20. The normalized spacial score (nSPS) is 25.8. The van der Waals surface area contributed by atoms with Crippen LogP contribution in [0.15, 0.2) is 18.2 Å². The van der Waals surface area contributed by atoms with Crippen molar-refractivity contribution in [2.45, 2.75) is 122 Å². The highest BCUT2D eigenvalue weighted by atomic mass is 16.6. The van der Waals surface area contributed by atoms with Crippen molar-refractivity contribution >= 4 is 17.8 Å². The van der Waals surface area contributed by atoms with E-state index < -0.39 is 5.60 Å². The number of benzene rings is 1. The predicted molar refractivity (Wildman–Crippen MR) is 164 cm³/mol. The van der Waals surface area contributed by atoms with Gasteiger partial charge >= 0.3 is 12.1 Å². The molecule has 1 aromatic rings. The number of anilines is 1. The molecule has 0 radical (unpaired) electrons. The summed E-state index contributed by atoms with van der Waals surface area (Å²) in [5.41, 5.74) is 9.48. The van der Waals surface area contributed by atoms with Crippen molar-refractivity contribution in [1.29, 1.82) is 0 Å². The number of nitrogens with two attached hydrogens (primary N) is 1. The van der Waals surface area contributed by atoms with E-state index in [0.29, 0.717) is 5.92 Å². The maximum absolute atomic E-state index is 13.4. The van der Waals surface area contributed by atoms with Gasteiger partial charge in [0.2, 0.25) is 0 Å². The van der Waals surface area contributed by atoms with Gasteiger partial charge < -0.3 is 20.7 Å². The third-order valence-corrected chi connectivity index (χ3v) is 10.8. The van der Waals surface area contributed by atoms with Gasteiger partial charge in [-0.2, -0.15) is 0 Å². The number of hydrogen-bond donors (Lipinski definition) is 2. The van der Waals surface area contributed by atoms with Gasteiger partial charge in [-0.05, 0) is 69.9 Å². The Bertz CT molecular complexity index is 1050. The lowest BCUT2D eigenvalue weighted by atomic mass is 9.77. The highest BCUT2D eigenvalue weighted by Crippen LogP contribution is 2.44. The molecule has 228 valence electrons. The molecule has 3 N–H and O–H groups in total. The predicted octanol–water partition coefficient (Wildman–Crippen LogP) is 6.05. The van der Waals surface area contributed by atoms with Gasteiger partial charge in [-0.3, -0.25) is 9.80 Å². The molecule has 3 saturated heterocycles. The Morgan fingerprint density at radius 2 is 1.68 bits per heavy atom. The molecule has 3 amide bonds. The van der Waals surface area contributed by atoms with Gasteiger partial charge in [0.25, 0.3) is 0 Å². The summed E-state index contributed by atoms with van der Waals surface area (Å²) in [4.78, 5) is 33.1. The van der Waals surface area contributed by atoms with Crippen LogP contribution in [0.25, 0.3) is 0 Å². The van der Waals surface area contributed by atoms with E-state index in [2.05, 4.69) is 24.1 Å². The largest absolute Gasteiger partial charge is 0.440 e. The first kappa shape index (κ1) is 30.1. The van der Waals surface area contributed by atoms with E-state index in [0.717, 1.165) is 88.1 Å². The van der Waals surface area contributed by atoms with E-state index in [1.165, 1.54) is 32.1 Å². The summed E-state index contributed by atoms with van der Waals surface area (Å²) < 4.78 is 6.34. The van der Waals surface area contributed by atoms with E-state index in [1.807, 2.05) is 41.8 Å². The zero-order valence-corrected chi connectivity index (χ0v) is 25.9. The monoisotopic (exact) mass is 567 g/mol. The molecule has 3 aliphatic heterocycles. The van der Waals surface area contributed by atoms with Crippen LogP contribution in [0, 0.1) is 19.8 Å². The van der Waals surface area contributed by atoms with Gasteiger partial charge in [0.1, 0.15) is 5.60 Å². The molecule has 8 nitrogen and oxygen atoms in total. The first-order chi connectivity index (χ1) is 19.7. The number of piperidine rings is 2. The Kier molecular flexibility index (Phi) is 9.19. The van der Waals surface area contributed by atoms with E-state index >= 15 is 0 Å². The highest BCUT2D eigenvalue weighted by molar-refractivity contribution is 5.91. The zero-order valence-electron chi connectivity index (χ0n) is 25.9. The number of aryl methyl sites for hydroxylation is 2. The minimum Gasteiger partial charge on any atom is -0.440 e. The van der Waals surface area contributed by atoms with Crippen molar-refractivity contribution in [2.24, 2.45) is 11.7 Å². The number of likely N-dealkylation sites (tertiary alicyclic amines) is 2. The number of nitrogens with zero attached hydrogens (tertiary/aromatic N) is 3. The average molecular weight is 568 g/mol. The summed E-state index contributed by atoms with van der Waals surface area (Å²) in [6.07, 6.45) is 11.6. The molecule has 1 spiro atoms. The molecular formula is C33H53N5O3. The zero-order chi connectivity index (χ0) is 29.2. The number of carbonyl (C=O) groups is 2. The summed E-state index contributed by atoms with van der Waals surface area (Å²) >= 11 is 0. The smallest absolute Gasteiger partial charge is 0.410 e. The molecule has 2 atom stereocenters. The highest BCUT2D eigenvalue weighted by Gasteiger charge is 2.58. The molecule has 4 aliphatic rings. The topological polar surface area (TPSA) is 91.1 Å². The van der Waals surface area contributed by atoms with Gasteiger partial charge in [-0.25, -0.2) is 9.59 Å². The lowest BCUT2D eigenvalue weighted by Gasteiger charge is -2.52. The second kappa shape index (κ2) is 12.5. The molecule has 8 heteroatoms. The fourth-order valence-corrected chi connectivity index (χ4v) is 8.17. The van der Waals surface area contributed by atoms with Crippen molar-refractivity contribution in [2.75, 3.05) is 38.0 Å². The van der Waals surface area contributed by atoms with Crippen molar-refractivity contribution in [1.82, 2.24) is 14.7 Å². The number of carbonyl (C=O) groups excluding carboxylic acids is 2. The van der Waals surface area contributed by atoms with E-state index in [1.54, 1.807) is 0 Å². The van der Waals surface area contributed by atoms with Crippen molar-refractivity contribution in [3.05, 3.63) is 29.3 Å². The van der Waals surface area contributed by atoms with Gasteiger partial charge in [0.15, 0.2) is 0 Å². The standard InChI is InChI=1S/C33H53N5O3/c1-5-10-27(34)29-33(41-31(40)38(29)23-26-13-7-6-8-14-26)17-21-37(22-18-33)32(4)15-19-36(20-16-32)30(39)35-28-24(2)11-9-12-25(28)3/h9,11-12,26-27,29H,5-8,10,13-23,34H2,1-4H3,(H,35,39). The molecular weight excluding hydrogens is 514 g/mol. The average Bonchev–Trinajstić information content (AvgIpc) is 3.21. The third kappa shape index (κ3) is 6.24. The van der Waals surface area contributed by atoms with Crippen LogP contribution in [0.2, 0.25) is 0 Å². The maximum atomic E-state index is 13.4. The SMILES string of the molecule is CCCC(N)C1N(CC2CCCCC2)C(=O)OC12CCN(C1(C)CCN(C(=O)Nc3c(C)cccc3C)CC1)CC2. The van der Waals surface area contributed by atoms with Crippen LogP contribution < -0.4 is 11.1 Å². The summed E-state index contributed by atoms with van der Waals surface area (Å²) in [6, 6.07) is 5.99. The van der Waals surface area contributed by atoms with Crippen LogP contribution in [0.5, 0.6) is 0 Å². The molecule has 5 rings (SSSR count). The lowest BCUT2D eigenvalue weighted by Crippen LogP contribution is -2.63. The van der Waals surface area contributed by atoms with Gasteiger partial charge in [0.05, 0.1) is 6.04 Å². The summed E-state index contributed by atoms with van der Waals surface area (Å²) in [7, 11) is 0. The minimum atomic E-state index is -0.487. The molecule has 0 bridgehead atoms. The second-order valence-corrected chi connectivity index (χ2v) is 13.7. The fraction of sp³-hybridized carbons (Fsp3) is 0.758. The minimum absolute atomic E-state index is 0.00859. The number of para-hydroxylation sites is 1. The van der Waals surface area contributed by atoms with Crippen molar-refractivity contribution in [3.8, 4) is 0 Å². The number of amides is 3. The van der Waals surface area contributed by atoms with E-state index in [-0.39, 0.29) is 29.7 Å². The van der Waals surface area contributed by atoms with Crippen LogP contribution in [0.4, 0.5) is 15.3 Å². The lowest BCUT2D eigenvalue weighted by molar-refractivity contribution is -0.0618. The van der Waals surface area contributed by atoms with Gasteiger partial charge in [-0.1, -0.05) is 50.8 Å². The molecule has 1 aliphatic carbocycles. The molecule has 0 aromatic heterocycles. The first-order valence-corrected chi connectivity index (χ1v) is 16.3. The number of nitrogens with one attached hydrogen (secondary N) is 1. The Hall–Kier alpha value is -2.32. The van der Waals surface area contributed by atoms with Crippen LogP contribution >= 0.6 is 0 Å². The second-order valence-electron chi connectivity index (χ2n) is 13.7. The Morgan fingerprint density at radius 1 is 1.05 bits per heavy atom. The molecule has 41 heavy (non-hydrogen) atoms. The van der Waals surface area contributed by atoms with Crippen LogP contribution in [-0.4, -0.2) is 82.8 Å². The first-order valence-electron chi connectivity index (χ1n) is 16.3. The van der Waals surface area contributed by atoms with Crippen LogP contribution in [0.1, 0.15) is 95.6 Å². The summed E-state index contributed by atoms with van der Waals surface area (Å²) in [5, 5.41) is 3.16. The molecule has 2 unspecified atom stereocenters. The maximum Gasteiger partial charge on any atom is 0.410 e. The van der Waals surface area contributed by atoms with Gasteiger partial charge in [-0.15, -0.1) is 0 Å². The van der Waals surface area contributed by atoms with Crippen LogP contribution in [-0.2, 0) is 4.74 Å². The van der Waals surface area contributed by atoms with Gasteiger partial charge in [0, 0.05) is 62.8 Å². The third-order valence-electron chi connectivity index (χ3n) is 10.8. The van der Waals surface area contributed by atoms with E-state index in [9.17, 15) is 9.59 Å². The molecule has 3 heterocycles. The van der Waals surface area contributed by atoms with Crippen molar-refractivity contribution in [3.63, 3.8) is 0 Å². The summed E-state index contributed by atoms with van der Waals surface area (Å²) in [6.45, 7) is 12.7. The quantitative estimate of drug-likeness (QED) is 0.418. The number of ether oxygens (including phenoxy) is 1. The molecule has 1 saturated carbocycles.